The Kier molecular flexibility index (Phi) is 6.75. The van der Waals surface area contributed by atoms with Crippen LogP contribution in [0.1, 0.15) is 28.4 Å². The third kappa shape index (κ3) is 6.01. The summed E-state index contributed by atoms with van der Waals surface area (Å²) in [7, 11) is 1.90. The lowest BCUT2D eigenvalue weighted by atomic mass is 10.1. The second-order valence-corrected chi connectivity index (χ2v) is 7.15. The summed E-state index contributed by atoms with van der Waals surface area (Å²) in [6.07, 6.45) is 3.20. The molecule has 0 radical (unpaired) electrons. The number of rotatable bonds is 7. The van der Waals surface area contributed by atoms with Gasteiger partial charge < -0.3 is 9.88 Å². The lowest BCUT2D eigenvalue weighted by Crippen LogP contribution is -2.17. The molecule has 9 heteroatoms. The average Bonchev–Trinajstić information content (AvgIpc) is 3.12. The molecule has 148 valence electrons. The van der Waals surface area contributed by atoms with E-state index in [2.05, 4.69) is 26.0 Å². The number of hydrogen-bond donors (Lipinski definition) is 2. The minimum absolute atomic E-state index is 0.128. The molecule has 0 unspecified atom stereocenters. The van der Waals surface area contributed by atoms with E-state index >= 15 is 0 Å². The summed E-state index contributed by atoms with van der Waals surface area (Å²) in [5.74, 6) is 0.321. The predicted molar refractivity (Wildman–Crippen MR) is 113 cm³/mol. The molecular weight excluding hydrogens is 388 g/mol. The first-order chi connectivity index (χ1) is 14.0. The molecular formula is C20H20N6O2S. The van der Waals surface area contributed by atoms with Crippen molar-refractivity contribution < 1.29 is 9.59 Å². The van der Waals surface area contributed by atoms with Crippen LogP contribution in [0.4, 0.5) is 5.69 Å². The smallest absolute Gasteiger partial charge is 0.271 e. The number of carbonyl (C=O) groups excluding carboxylic acids is 2. The first kappa shape index (κ1) is 20.3. The lowest BCUT2D eigenvalue weighted by molar-refractivity contribution is -0.114. The van der Waals surface area contributed by atoms with Crippen molar-refractivity contribution in [1.82, 2.24) is 20.2 Å². The quantitative estimate of drug-likeness (QED) is 0.356. The van der Waals surface area contributed by atoms with Crippen LogP contribution in [-0.4, -0.2) is 32.8 Å². The largest absolute Gasteiger partial charge is 0.326 e. The maximum absolute atomic E-state index is 12.2. The van der Waals surface area contributed by atoms with E-state index in [1.807, 2.05) is 23.7 Å². The minimum Gasteiger partial charge on any atom is -0.326 e. The maximum atomic E-state index is 12.2. The topological polar surface area (TPSA) is 101 Å². The van der Waals surface area contributed by atoms with Crippen LogP contribution >= 0.6 is 11.8 Å². The van der Waals surface area contributed by atoms with Crippen LogP contribution in [0.3, 0.4) is 0 Å². The highest BCUT2D eigenvalue weighted by Gasteiger charge is 2.06. The molecule has 2 N–H and O–H groups in total. The van der Waals surface area contributed by atoms with Gasteiger partial charge in [0.15, 0.2) is 5.16 Å². The maximum Gasteiger partial charge on any atom is 0.271 e. The van der Waals surface area contributed by atoms with Gasteiger partial charge in [-0.05, 0) is 35.4 Å². The van der Waals surface area contributed by atoms with Crippen molar-refractivity contribution in [3.63, 3.8) is 0 Å². The van der Waals surface area contributed by atoms with Gasteiger partial charge in [0.25, 0.3) is 5.91 Å². The highest BCUT2D eigenvalue weighted by molar-refractivity contribution is 7.98. The standard InChI is InChI=1S/C20H20N6O2S/c1-14(27)23-18-9-5-15(6-10-18)11-21-24-19(28)17-7-3-16(4-8-17)12-29-20-25-22-13-26(20)2/h3-11,13H,12H2,1-2H3,(H,23,27)(H,24,28)/b21-11-. The third-order valence-corrected chi connectivity index (χ3v) is 4.97. The van der Waals surface area contributed by atoms with Crippen LogP contribution < -0.4 is 10.7 Å². The molecule has 0 saturated carbocycles. The molecule has 8 nitrogen and oxygen atoms in total. The van der Waals surface area contributed by atoms with Gasteiger partial charge in [0.05, 0.1) is 6.21 Å². The normalized spacial score (nSPS) is 10.8. The molecule has 3 rings (SSSR count). The summed E-state index contributed by atoms with van der Waals surface area (Å²) in [5.41, 5.74) is 5.62. The number of aromatic nitrogens is 3. The van der Waals surface area contributed by atoms with Gasteiger partial charge in [-0.3, -0.25) is 9.59 Å². The Morgan fingerprint density at radius 2 is 1.86 bits per heavy atom. The van der Waals surface area contributed by atoms with Gasteiger partial charge in [-0.1, -0.05) is 36.0 Å². The number of nitrogens with zero attached hydrogens (tertiary/aromatic N) is 4. The Morgan fingerprint density at radius 1 is 1.14 bits per heavy atom. The van der Waals surface area contributed by atoms with Crippen LogP contribution in [0.2, 0.25) is 0 Å². The van der Waals surface area contributed by atoms with Gasteiger partial charge in [0.2, 0.25) is 5.91 Å². The number of hydrogen-bond acceptors (Lipinski definition) is 6. The van der Waals surface area contributed by atoms with Crippen molar-refractivity contribution in [2.45, 2.75) is 17.8 Å². The van der Waals surface area contributed by atoms with Crippen molar-refractivity contribution in [2.75, 3.05) is 5.32 Å². The second kappa shape index (κ2) is 9.65. The molecule has 2 amide bonds. The highest BCUT2D eigenvalue weighted by atomic mass is 32.2. The summed E-state index contributed by atoms with van der Waals surface area (Å²) < 4.78 is 1.86. The van der Waals surface area contributed by atoms with Gasteiger partial charge in [-0.25, -0.2) is 5.43 Å². The molecule has 3 aromatic rings. The fourth-order valence-corrected chi connectivity index (χ4v) is 3.23. The summed E-state index contributed by atoms with van der Waals surface area (Å²) in [6, 6.07) is 14.5. The fraction of sp³-hybridized carbons (Fsp3) is 0.150. The Morgan fingerprint density at radius 3 is 2.48 bits per heavy atom. The van der Waals surface area contributed by atoms with Gasteiger partial charge in [0, 0.05) is 31.0 Å². The predicted octanol–water partition coefficient (Wildman–Crippen LogP) is 2.83. The number of hydrazone groups is 1. The Bertz CT molecular complexity index is 1010. The van der Waals surface area contributed by atoms with Crippen molar-refractivity contribution in [1.29, 1.82) is 0 Å². The highest BCUT2D eigenvalue weighted by Crippen LogP contribution is 2.20. The Balaban J connectivity index is 1.50. The number of nitrogens with one attached hydrogen (secondary N) is 2. The Hall–Kier alpha value is -3.46. The number of benzene rings is 2. The first-order valence-electron chi connectivity index (χ1n) is 8.78. The number of anilines is 1. The van der Waals surface area contributed by atoms with E-state index in [1.165, 1.54) is 6.92 Å². The van der Waals surface area contributed by atoms with E-state index in [9.17, 15) is 9.59 Å². The van der Waals surface area contributed by atoms with E-state index in [1.54, 1.807) is 60.7 Å². The van der Waals surface area contributed by atoms with E-state index in [0.717, 1.165) is 22.0 Å². The van der Waals surface area contributed by atoms with Crippen LogP contribution in [0.25, 0.3) is 0 Å². The van der Waals surface area contributed by atoms with E-state index in [0.29, 0.717) is 11.3 Å². The van der Waals surface area contributed by atoms with Gasteiger partial charge >= 0.3 is 0 Å². The molecule has 1 aromatic heterocycles. The molecule has 0 atom stereocenters. The second-order valence-electron chi connectivity index (χ2n) is 6.21. The van der Waals surface area contributed by atoms with Gasteiger partial charge in [0.1, 0.15) is 6.33 Å². The van der Waals surface area contributed by atoms with Gasteiger partial charge in [-0.15, -0.1) is 10.2 Å². The average molecular weight is 408 g/mol. The van der Waals surface area contributed by atoms with Crippen LogP contribution in [0.15, 0.2) is 65.1 Å². The van der Waals surface area contributed by atoms with Gasteiger partial charge in [-0.2, -0.15) is 5.10 Å². The zero-order valence-electron chi connectivity index (χ0n) is 16.0. The number of carbonyl (C=O) groups is 2. The molecule has 0 fully saturated rings. The number of thioether (sulfide) groups is 1. The summed E-state index contributed by atoms with van der Waals surface area (Å²) in [6.45, 7) is 1.45. The zero-order valence-corrected chi connectivity index (χ0v) is 16.8. The number of aryl methyl sites for hydroxylation is 1. The summed E-state index contributed by atoms with van der Waals surface area (Å²) in [4.78, 5) is 23.2. The van der Waals surface area contributed by atoms with Crippen molar-refractivity contribution >= 4 is 35.5 Å². The zero-order chi connectivity index (χ0) is 20.6. The lowest BCUT2D eigenvalue weighted by Gasteiger charge is -2.04. The van der Waals surface area contributed by atoms with Crippen LogP contribution in [0.5, 0.6) is 0 Å². The summed E-state index contributed by atoms with van der Waals surface area (Å²) >= 11 is 1.58. The van der Waals surface area contributed by atoms with E-state index in [4.69, 9.17) is 0 Å². The molecule has 29 heavy (non-hydrogen) atoms. The van der Waals surface area contributed by atoms with E-state index < -0.39 is 0 Å². The molecule has 1 heterocycles. The minimum atomic E-state index is -0.288. The fourth-order valence-electron chi connectivity index (χ4n) is 2.39. The third-order valence-electron chi connectivity index (χ3n) is 3.86. The van der Waals surface area contributed by atoms with Crippen molar-refractivity contribution in [2.24, 2.45) is 12.1 Å². The Labute approximate surface area is 172 Å². The SMILES string of the molecule is CC(=O)Nc1ccc(/C=N\NC(=O)c2ccc(CSc3nncn3C)cc2)cc1. The van der Waals surface area contributed by atoms with Crippen molar-refractivity contribution in [3.05, 3.63) is 71.5 Å². The molecule has 0 aliphatic heterocycles. The molecule has 0 aliphatic rings. The van der Waals surface area contributed by atoms with E-state index in [-0.39, 0.29) is 11.8 Å². The van der Waals surface area contributed by atoms with Crippen molar-refractivity contribution in [3.8, 4) is 0 Å². The van der Waals surface area contributed by atoms with Crippen LogP contribution in [0, 0.1) is 0 Å². The molecule has 0 aliphatic carbocycles. The molecule has 0 bridgehead atoms. The monoisotopic (exact) mass is 408 g/mol. The summed E-state index contributed by atoms with van der Waals surface area (Å²) in [5, 5.41) is 15.4. The molecule has 0 saturated heterocycles. The first-order valence-corrected chi connectivity index (χ1v) is 9.76. The molecule has 2 aromatic carbocycles. The van der Waals surface area contributed by atoms with Crippen LogP contribution in [-0.2, 0) is 17.6 Å². The number of amides is 2. The molecule has 0 spiro atoms.